The highest BCUT2D eigenvalue weighted by molar-refractivity contribution is 5.27. The maximum atomic E-state index is 13.2. The Balaban J connectivity index is 2.00. The van der Waals surface area contributed by atoms with Crippen molar-refractivity contribution in [2.75, 3.05) is 0 Å². The van der Waals surface area contributed by atoms with E-state index in [4.69, 9.17) is 0 Å². The van der Waals surface area contributed by atoms with E-state index in [-0.39, 0.29) is 11.7 Å². The van der Waals surface area contributed by atoms with Crippen LogP contribution in [-0.4, -0.2) is 14.8 Å². The van der Waals surface area contributed by atoms with Crippen molar-refractivity contribution in [3.63, 3.8) is 0 Å². The lowest BCUT2D eigenvalue weighted by molar-refractivity contribution is 0.467. The summed E-state index contributed by atoms with van der Waals surface area (Å²) in [7, 11) is 0. The lowest BCUT2D eigenvalue weighted by atomic mass is 9.87. The molecule has 2 aromatic rings. The highest BCUT2D eigenvalue weighted by atomic mass is 19.1. The molecule has 22 heavy (non-hydrogen) atoms. The van der Waals surface area contributed by atoms with E-state index in [1.807, 2.05) is 12.1 Å². The monoisotopic (exact) mass is 301 g/mol. The zero-order valence-corrected chi connectivity index (χ0v) is 13.4. The minimum Gasteiger partial charge on any atom is -0.314 e. The van der Waals surface area contributed by atoms with Crippen LogP contribution in [0.5, 0.6) is 0 Å². The van der Waals surface area contributed by atoms with Gasteiger partial charge in [0.1, 0.15) is 17.5 Å². The summed E-state index contributed by atoms with van der Waals surface area (Å²) in [6.45, 7) is 5.39. The predicted molar refractivity (Wildman–Crippen MR) is 85.3 cm³/mol. The molecule has 1 aromatic heterocycles. The Kier molecular flexibility index (Phi) is 4.55. The van der Waals surface area contributed by atoms with Gasteiger partial charge in [0.15, 0.2) is 0 Å². The molecule has 1 unspecified atom stereocenters. The normalized spacial score (nSPS) is 16.9. The molecule has 2 heterocycles. The zero-order valence-electron chi connectivity index (χ0n) is 13.4. The van der Waals surface area contributed by atoms with Gasteiger partial charge < -0.3 is 4.57 Å². The fourth-order valence-electron chi connectivity index (χ4n) is 3.42. The van der Waals surface area contributed by atoms with Crippen LogP contribution in [0, 0.1) is 11.7 Å². The maximum absolute atomic E-state index is 13.2. The molecule has 4 heteroatoms. The fourth-order valence-corrected chi connectivity index (χ4v) is 3.42. The molecule has 1 aliphatic heterocycles. The van der Waals surface area contributed by atoms with Crippen molar-refractivity contribution in [2.45, 2.75) is 58.4 Å². The Morgan fingerprint density at radius 3 is 2.45 bits per heavy atom. The second-order valence-electron chi connectivity index (χ2n) is 6.56. The number of aromatic nitrogens is 3. The second-order valence-corrected chi connectivity index (χ2v) is 6.56. The van der Waals surface area contributed by atoms with Gasteiger partial charge in [-0.15, -0.1) is 10.2 Å². The van der Waals surface area contributed by atoms with Gasteiger partial charge in [0.25, 0.3) is 0 Å². The van der Waals surface area contributed by atoms with Crippen LogP contribution in [0.2, 0.25) is 0 Å². The summed E-state index contributed by atoms with van der Waals surface area (Å²) in [5, 5.41) is 8.96. The first-order chi connectivity index (χ1) is 10.7. The van der Waals surface area contributed by atoms with E-state index < -0.39 is 0 Å². The van der Waals surface area contributed by atoms with Crippen molar-refractivity contribution >= 4 is 0 Å². The van der Waals surface area contributed by atoms with Crippen LogP contribution in [0.25, 0.3) is 0 Å². The third kappa shape index (κ3) is 3.06. The van der Waals surface area contributed by atoms with Crippen LogP contribution < -0.4 is 0 Å². The minimum atomic E-state index is -0.192. The molecule has 118 valence electrons. The molecule has 3 rings (SSSR count). The number of aryl methyl sites for hydroxylation is 1. The lowest BCUT2D eigenvalue weighted by Gasteiger charge is -2.23. The van der Waals surface area contributed by atoms with Crippen LogP contribution in [0.15, 0.2) is 24.3 Å². The lowest BCUT2D eigenvalue weighted by Crippen LogP contribution is -2.18. The summed E-state index contributed by atoms with van der Waals surface area (Å²) >= 11 is 0. The van der Waals surface area contributed by atoms with Crippen molar-refractivity contribution in [1.82, 2.24) is 14.8 Å². The number of hydrogen-bond acceptors (Lipinski definition) is 2. The van der Waals surface area contributed by atoms with Gasteiger partial charge in [0.2, 0.25) is 0 Å². The van der Waals surface area contributed by atoms with Gasteiger partial charge in [0, 0.05) is 18.9 Å². The van der Waals surface area contributed by atoms with E-state index in [1.54, 1.807) is 0 Å². The van der Waals surface area contributed by atoms with Gasteiger partial charge in [-0.05, 0) is 36.5 Å². The topological polar surface area (TPSA) is 30.7 Å². The second kappa shape index (κ2) is 6.59. The van der Waals surface area contributed by atoms with Crippen LogP contribution in [-0.2, 0) is 13.0 Å². The first-order valence-corrected chi connectivity index (χ1v) is 8.34. The smallest absolute Gasteiger partial charge is 0.140 e. The Morgan fingerprint density at radius 1 is 1.00 bits per heavy atom. The van der Waals surface area contributed by atoms with E-state index in [2.05, 4.69) is 28.6 Å². The molecular weight excluding hydrogens is 277 g/mol. The molecule has 1 aromatic carbocycles. The summed E-state index contributed by atoms with van der Waals surface area (Å²) in [5.41, 5.74) is 1.12. The third-order valence-corrected chi connectivity index (χ3v) is 4.56. The molecule has 0 aliphatic carbocycles. The molecule has 0 fully saturated rings. The average molecular weight is 301 g/mol. The largest absolute Gasteiger partial charge is 0.314 e. The van der Waals surface area contributed by atoms with Gasteiger partial charge >= 0.3 is 0 Å². The Morgan fingerprint density at radius 2 is 1.73 bits per heavy atom. The molecule has 0 saturated carbocycles. The highest BCUT2D eigenvalue weighted by Gasteiger charge is 2.26. The Hall–Kier alpha value is -1.71. The number of halogens is 1. The minimum absolute atomic E-state index is 0.168. The van der Waals surface area contributed by atoms with Crippen molar-refractivity contribution < 1.29 is 4.39 Å². The summed E-state index contributed by atoms with van der Waals surface area (Å²) < 4.78 is 15.5. The van der Waals surface area contributed by atoms with Crippen molar-refractivity contribution in [3.05, 3.63) is 47.3 Å². The molecule has 0 N–H and O–H groups in total. The molecule has 0 radical (unpaired) electrons. The van der Waals surface area contributed by atoms with Gasteiger partial charge in [0.05, 0.1) is 0 Å². The quantitative estimate of drug-likeness (QED) is 0.845. The van der Waals surface area contributed by atoms with E-state index in [0.29, 0.717) is 5.92 Å². The van der Waals surface area contributed by atoms with E-state index in [9.17, 15) is 4.39 Å². The van der Waals surface area contributed by atoms with Gasteiger partial charge in [-0.25, -0.2) is 4.39 Å². The number of nitrogens with zero attached hydrogens (tertiary/aromatic N) is 3. The number of fused-ring (bicyclic) bond motifs is 1. The van der Waals surface area contributed by atoms with Gasteiger partial charge in [-0.1, -0.05) is 38.8 Å². The predicted octanol–water partition coefficient (Wildman–Crippen LogP) is 4.32. The first kappa shape index (κ1) is 15.2. The Labute approximate surface area is 131 Å². The van der Waals surface area contributed by atoms with E-state index in [1.165, 1.54) is 37.8 Å². The third-order valence-electron chi connectivity index (χ3n) is 4.56. The maximum Gasteiger partial charge on any atom is 0.140 e. The fraction of sp³-hybridized carbons (Fsp3) is 0.556. The van der Waals surface area contributed by atoms with Crippen LogP contribution in [0.1, 0.15) is 62.7 Å². The van der Waals surface area contributed by atoms with E-state index >= 15 is 0 Å². The average Bonchev–Trinajstić information content (AvgIpc) is 2.82. The highest BCUT2D eigenvalue weighted by Crippen LogP contribution is 2.32. The van der Waals surface area contributed by atoms with Crippen molar-refractivity contribution in [3.8, 4) is 0 Å². The summed E-state index contributed by atoms with van der Waals surface area (Å²) in [6, 6.07) is 6.83. The molecule has 0 bridgehead atoms. The first-order valence-electron chi connectivity index (χ1n) is 8.34. The number of benzene rings is 1. The summed E-state index contributed by atoms with van der Waals surface area (Å²) in [6.07, 6.45) is 5.96. The molecular formula is C18H24FN3. The SMILES string of the molecule is CC(C)C(c1ccc(F)cc1)c1nnc2n1CCCCCC2. The molecule has 0 saturated heterocycles. The van der Waals surface area contributed by atoms with E-state index in [0.717, 1.165) is 30.2 Å². The van der Waals surface area contributed by atoms with Crippen LogP contribution in [0.3, 0.4) is 0 Å². The van der Waals surface area contributed by atoms with Gasteiger partial charge in [-0.2, -0.15) is 0 Å². The van der Waals surface area contributed by atoms with Crippen LogP contribution in [0.4, 0.5) is 4.39 Å². The summed E-state index contributed by atoms with van der Waals surface area (Å²) in [5.74, 6) is 2.52. The summed E-state index contributed by atoms with van der Waals surface area (Å²) in [4.78, 5) is 0. The molecule has 1 aliphatic rings. The Bertz CT molecular complexity index is 616. The van der Waals surface area contributed by atoms with Crippen molar-refractivity contribution in [1.29, 1.82) is 0 Å². The number of rotatable bonds is 3. The zero-order chi connectivity index (χ0) is 15.5. The molecule has 0 spiro atoms. The molecule has 1 atom stereocenters. The standard InChI is InChI=1S/C18H24FN3/c1-13(2)17(14-8-10-15(19)11-9-14)18-21-20-16-7-5-3-4-6-12-22(16)18/h8-11,13,17H,3-7,12H2,1-2H3. The molecule has 3 nitrogen and oxygen atoms in total. The van der Waals surface area contributed by atoms with Gasteiger partial charge in [-0.3, -0.25) is 0 Å². The van der Waals surface area contributed by atoms with Crippen molar-refractivity contribution in [2.24, 2.45) is 5.92 Å². The molecule has 0 amide bonds. The van der Waals surface area contributed by atoms with Crippen LogP contribution >= 0.6 is 0 Å². The number of hydrogen-bond donors (Lipinski definition) is 0.